The minimum absolute atomic E-state index is 0.297. The lowest BCUT2D eigenvalue weighted by Gasteiger charge is -2.01. The second-order valence-electron chi connectivity index (χ2n) is 2.23. The Hall–Kier alpha value is -0.900. The zero-order chi connectivity index (χ0) is 9.14. The number of nitrogens with two attached hydrogens (primary N) is 1. The monoisotopic (exact) mass is 230 g/mol. The molecular weight excluding hydrogens is 223 g/mol. The topological polar surface area (TPSA) is 38.4 Å². The molecule has 0 aromatic heterocycles. The molecular formula is C8H8BrFN2. The van der Waals surface area contributed by atoms with E-state index in [1.807, 2.05) is 0 Å². The zero-order valence-corrected chi connectivity index (χ0v) is 8.10. The molecule has 0 aliphatic carbocycles. The van der Waals surface area contributed by atoms with Crippen LogP contribution in [-0.2, 0) is 0 Å². The third kappa shape index (κ3) is 1.82. The Kier molecular flexibility index (Phi) is 2.81. The predicted molar refractivity (Wildman–Crippen MR) is 50.7 cm³/mol. The third-order valence-electron chi connectivity index (χ3n) is 1.45. The van der Waals surface area contributed by atoms with Crippen LogP contribution in [0.1, 0.15) is 5.56 Å². The average molecular weight is 231 g/mol. The maximum absolute atomic E-state index is 12.6. The van der Waals surface area contributed by atoms with Crippen LogP contribution in [0.25, 0.3) is 0 Å². The highest BCUT2D eigenvalue weighted by atomic mass is 79.9. The molecule has 1 aromatic rings. The van der Waals surface area contributed by atoms with Crippen LogP contribution in [0.5, 0.6) is 0 Å². The van der Waals surface area contributed by atoms with E-state index in [2.05, 4.69) is 20.9 Å². The maximum Gasteiger partial charge on any atom is 0.126 e. The molecule has 2 nitrogen and oxygen atoms in total. The largest absolute Gasteiger partial charge is 0.383 e. The first-order valence-electron chi connectivity index (χ1n) is 3.33. The van der Waals surface area contributed by atoms with Crippen LogP contribution in [-0.4, -0.2) is 12.9 Å². The van der Waals surface area contributed by atoms with Gasteiger partial charge in [-0.1, -0.05) is 0 Å². The van der Waals surface area contributed by atoms with Gasteiger partial charge in [-0.25, -0.2) is 4.39 Å². The summed E-state index contributed by atoms with van der Waals surface area (Å²) in [6.07, 6.45) is 0. The highest BCUT2D eigenvalue weighted by Crippen LogP contribution is 2.17. The second-order valence-corrected chi connectivity index (χ2v) is 3.09. The molecule has 1 aromatic carbocycles. The molecule has 0 saturated carbocycles. The molecule has 2 N–H and O–H groups in total. The summed E-state index contributed by atoms with van der Waals surface area (Å²) in [6.45, 7) is 0. The van der Waals surface area contributed by atoms with E-state index in [1.54, 1.807) is 13.1 Å². The average Bonchev–Trinajstić information content (AvgIpc) is 2.03. The maximum atomic E-state index is 12.6. The molecule has 0 fully saturated rings. The fourth-order valence-electron chi connectivity index (χ4n) is 0.818. The van der Waals surface area contributed by atoms with Crippen molar-refractivity contribution < 1.29 is 4.39 Å². The summed E-state index contributed by atoms with van der Waals surface area (Å²) in [5, 5.41) is 0. The number of benzene rings is 1. The second kappa shape index (κ2) is 3.67. The van der Waals surface area contributed by atoms with E-state index in [9.17, 15) is 4.39 Å². The van der Waals surface area contributed by atoms with Gasteiger partial charge in [0.05, 0.1) is 0 Å². The van der Waals surface area contributed by atoms with Gasteiger partial charge in [0.1, 0.15) is 11.7 Å². The van der Waals surface area contributed by atoms with Crippen molar-refractivity contribution in [2.75, 3.05) is 7.05 Å². The summed E-state index contributed by atoms with van der Waals surface area (Å²) in [5.74, 6) is 0.0939. The Balaban J connectivity index is 3.18. The summed E-state index contributed by atoms with van der Waals surface area (Å²) in [4.78, 5) is 3.79. The summed E-state index contributed by atoms with van der Waals surface area (Å²) >= 11 is 3.19. The molecule has 0 radical (unpaired) electrons. The van der Waals surface area contributed by atoms with Gasteiger partial charge in [-0.05, 0) is 34.1 Å². The SMILES string of the molecule is CN=C(N)c1ccc(F)cc1Br. The van der Waals surface area contributed by atoms with Crippen LogP contribution in [0.4, 0.5) is 4.39 Å². The molecule has 12 heavy (non-hydrogen) atoms. The quantitative estimate of drug-likeness (QED) is 0.582. The smallest absolute Gasteiger partial charge is 0.126 e. The zero-order valence-electron chi connectivity index (χ0n) is 6.51. The van der Waals surface area contributed by atoms with Crippen LogP contribution in [0.15, 0.2) is 27.7 Å². The van der Waals surface area contributed by atoms with Gasteiger partial charge in [0.15, 0.2) is 0 Å². The van der Waals surface area contributed by atoms with Gasteiger partial charge in [0.25, 0.3) is 0 Å². The first kappa shape index (κ1) is 9.19. The molecule has 0 unspecified atom stereocenters. The lowest BCUT2D eigenvalue weighted by molar-refractivity contribution is 0.627. The van der Waals surface area contributed by atoms with E-state index in [-0.39, 0.29) is 5.82 Å². The number of aliphatic imine (C=N–C) groups is 1. The summed E-state index contributed by atoms with van der Waals surface area (Å²) < 4.78 is 13.2. The van der Waals surface area contributed by atoms with Gasteiger partial charge in [0.2, 0.25) is 0 Å². The molecule has 0 heterocycles. The van der Waals surface area contributed by atoms with Gasteiger partial charge in [-0.2, -0.15) is 0 Å². The van der Waals surface area contributed by atoms with Crippen molar-refractivity contribution in [2.45, 2.75) is 0 Å². The van der Waals surface area contributed by atoms with Gasteiger partial charge in [-0.15, -0.1) is 0 Å². The first-order valence-corrected chi connectivity index (χ1v) is 4.12. The van der Waals surface area contributed by atoms with E-state index in [0.717, 1.165) is 0 Å². The number of amidine groups is 1. The van der Waals surface area contributed by atoms with Gasteiger partial charge in [0, 0.05) is 17.1 Å². The fraction of sp³-hybridized carbons (Fsp3) is 0.125. The van der Waals surface area contributed by atoms with Crippen molar-refractivity contribution in [2.24, 2.45) is 10.7 Å². The summed E-state index contributed by atoms with van der Waals surface area (Å²) in [5.41, 5.74) is 6.25. The van der Waals surface area contributed by atoms with E-state index in [1.165, 1.54) is 12.1 Å². The molecule has 0 bridgehead atoms. The van der Waals surface area contributed by atoms with Gasteiger partial charge in [-0.3, -0.25) is 4.99 Å². The lowest BCUT2D eigenvalue weighted by atomic mass is 10.2. The van der Waals surface area contributed by atoms with E-state index in [0.29, 0.717) is 15.9 Å². The highest BCUT2D eigenvalue weighted by molar-refractivity contribution is 9.10. The van der Waals surface area contributed by atoms with Gasteiger partial charge < -0.3 is 5.73 Å². The Labute approximate surface area is 78.4 Å². The first-order chi connectivity index (χ1) is 5.65. The third-order valence-corrected chi connectivity index (χ3v) is 2.10. The predicted octanol–water partition coefficient (Wildman–Crippen LogP) is 1.92. The number of nitrogens with zero attached hydrogens (tertiary/aromatic N) is 1. The number of halogens is 2. The van der Waals surface area contributed by atoms with Gasteiger partial charge >= 0.3 is 0 Å². The minimum atomic E-state index is -0.297. The molecule has 0 amide bonds. The number of rotatable bonds is 1. The molecule has 0 atom stereocenters. The molecule has 0 aliphatic heterocycles. The van der Waals surface area contributed by atoms with Crippen LogP contribution >= 0.6 is 15.9 Å². The Morgan fingerprint density at radius 1 is 1.58 bits per heavy atom. The standard InChI is InChI=1S/C8H8BrFN2/c1-12-8(11)6-3-2-5(10)4-7(6)9/h2-4H,1H3,(H2,11,12). The molecule has 1 rings (SSSR count). The summed E-state index contributed by atoms with van der Waals surface area (Å²) in [6, 6.07) is 4.28. The Morgan fingerprint density at radius 3 is 2.75 bits per heavy atom. The Bertz CT molecular complexity index is 323. The van der Waals surface area contributed by atoms with E-state index < -0.39 is 0 Å². The molecule has 4 heteroatoms. The van der Waals surface area contributed by atoms with Crippen molar-refractivity contribution in [3.05, 3.63) is 34.1 Å². The highest BCUT2D eigenvalue weighted by Gasteiger charge is 2.03. The molecule has 0 aliphatic rings. The van der Waals surface area contributed by atoms with Crippen molar-refractivity contribution >= 4 is 21.8 Å². The fourth-order valence-corrected chi connectivity index (χ4v) is 1.37. The van der Waals surface area contributed by atoms with Crippen LogP contribution in [0.2, 0.25) is 0 Å². The van der Waals surface area contributed by atoms with Crippen LogP contribution < -0.4 is 5.73 Å². The van der Waals surface area contributed by atoms with Crippen molar-refractivity contribution in [1.82, 2.24) is 0 Å². The minimum Gasteiger partial charge on any atom is -0.383 e. The lowest BCUT2D eigenvalue weighted by Crippen LogP contribution is -2.13. The Morgan fingerprint density at radius 2 is 2.25 bits per heavy atom. The molecule has 64 valence electrons. The number of hydrogen-bond acceptors (Lipinski definition) is 1. The van der Waals surface area contributed by atoms with E-state index >= 15 is 0 Å². The summed E-state index contributed by atoms with van der Waals surface area (Å²) in [7, 11) is 1.59. The molecule has 0 saturated heterocycles. The van der Waals surface area contributed by atoms with Crippen LogP contribution in [0.3, 0.4) is 0 Å². The normalized spacial score (nSPS) is 11.8. The number of hydrogen-bond donors (Lipinski definition) is 1. The van der Waals surface area contributed by atoms with Crippen molar-refractivity contribution in [3.63, 3.8) is 0 Å². The molecule has 0 spiro atoms. The van der Waals surface area contributed by atoms with Crippen LogP contribution in [0, 0.1) is 5.82 Å². The van der Waals surface area contributed by atoms with E-state index in [4.69, 9.17) is 5.73 Å². The van der Waals surface area contributed by atoms with Crippen molar-refractivity contribution in [1.29, 1.82) is 0 Å². The van der Waals surface area contributed by atoms with Crippen molar-refractivity contribution in [3.8, 4) is 0 Å².